The highest BCUT2D eigenvalue weighted by atomic mass is 19.1. The van der Waals surface area contributed by atoms with Crippen molar-refractivity contribution in [2.75, 3.05) is 0 Å². The van der Waals surface area contributed by atoms with Crippen LogP contribution in [-0.2, 0) is 11.3 Å². The molecule has 1 amide bonds. The Kier molecular flexibility index (Phi) is 5.53. The molecule has 0 saturated heterocycles. The summed E-state index contributed by atoms with van der Waals surface area (Å²) in [5, 5.41) is 2.87. The minimum absolute atomic E-state index is 0.173. The maximum absolute atomic E-state index is 12.9. The molecule has 0 saturated carbocycles. The summed E-state index contributed by atoms with van der Waals surface area (Å²) in [5.41, 5.74) is 2.20. The minimum Gasteiger partial charge on any atom is -0.481 e. The lowest BCUT2D eigenvalue weighted by Gasteiger charge is -2.17. The van der Waals surface area contributed by atoms with Crippen molar-refractivity contribution < 1.29 is 13.9 Å². The number of hydrogen-bond acceptors (Lipinski definition) is 2. The quantitative estimate of drug-likeness (QED) is 0.885. The van der Waals surface area contributed by atoms with Gasteiger partial charge in [-0.3, -0.25) is 4.79 Å². The van der Waals surface area contributed by atoms with Gasteiger partial charge in [0.1, 0.15) is 11.6 Å². The zero-order valence-electron chi connectivity index (χ0n) is 12.8. The first-order valence-corrected chi connectivity index (χ1v) is 7.34. The fourth-order valence-corrected chi connectivity index (χ4v) is 2.12. The molecule has 0 fully saturated rings. The number of nitrogens with one attached hydrogen (secondary N) is 1. The van der Waals surface area contributed by atoms with Crippen LogP contribution in [0.2, 0.25) is 0 Å². The smallest absolute Gasteiger partial charge is 0.261 e. The van der Waals surface area contributed by atoms with Gasteiger partial charge in [0.2, 0.25) is 0 Å². The normalized spacial score (nSPS) is 11.8. The van der Waals surface area contributed by atoms with E-state index < -0.39 is 6.10 Å². The predicted octanol–water partition coefficient (Wildman–Crippen LogP) is 3.61. The van der Waals surface area contributed by atoms with Crippen LogP contribution in [-0.4, -0.2) is 12.0 Å². The molecule has 0 radical (unpaired) electrons. The van der Waals surface area contributed by atoms with E-state index in [4.69, 9.17) is 4.74 Å². The van der Waals surface area contributed by atoms with Gasteiger partial charge in [0, 0.05) is 6.54 Å². The second-order valence-corrected chi connectivity index (χ2v) is 5.18. The summed E-state index contributed by atoms with van der Waals surface area (Å²) >= 11 is 0. The molecule has 22 heavy (non-hydrogen) atoms. The molecule has 0 bridgehead atoms. The van der Waals surface area contributed by atoms with Crippen LogP contribution >= 0.6 is 0 Å². The molecule has 2 aromatic carbocycles. The van der Waals surface area contributed by atoms with E-state index in [0.29, 0.717) is 18.7 Å². The van der Waals surface area contributed by atoms with Crippen LogP contribution in [0.25, 0.3) is 0 Å². The molecular weight excluding hydrogens is 281 g/mol. The van der Waals surface area contributed by atoms with Crippen LogP contribution in [0.4, 0.5) is 4.39 Å². The fourth-order valence-electron chi connectivity index (χ4n) is 2.12. The van der Waals surface area contributed by atoms with Crippen molar-refractivity contribution in [1.82, 2.24) is 5.32 Å². The van der Waals surface area contributed by atoms with Crippen molar-refractivity contribution in [2.45, 2.75) is 32.9 Å². The molecule has 0 heterocycles. The third kappa shape index (κ3) is 4.58. The van der Waals surface area contributed by atoms with Crippen LogP contribution in [0.3, 0.4) is 0 Å². The van der Waals surface area contributed by atoms with Crippen molar-refractivity contribution in [1.29, 1.82) is 0 Å². The monoisotopic (exact) mass is 301 g/mol. The average molecular weight is 301 g/mol. The summed E-state index contributed by atoms with van der Waals surface area (Å²) < 4.78 is 18.5. The Morgan fingerprint density at radius 1 is 1.23 bits per heavy atom. The van der Waals surface area contributed by atoms with Crippen molar-refractivity contribution in [3.63, 3.8) is 0 Å². The van der Waals surface area contributed by atoms with E-state index in [1.807, 2.05) is 38.1 Å². The van der Waals surface area contributed by atoms with Crippen molar-refractivity contribution in [2.24, 2.45) is 0 Å². The second kappa shape index (κ2) is 7.59. The number of rotatable bonds is 6. The summed E-state index contributed by atoms with van der Waals surface area (Å²) in [6.07, 6.45) is -0.0490. The number of halogens is 1. The third-order valence-electron chi connectivity index (χ3n) is 3.30. The van der Waals surface area contributed by atoms with Crippen molar-refractivity contribution in [3.05, 3.63) is 65.5 Å². The highest BCUT2D eigenvalue weighted by molar-refractivity contribution is 5.81. The molecule has 2 rings (SSSR count). The Balaban J connectivity index is 1.92. The van der Waals surface area contributed by atoms with E-state index in [-0.39, 0.29) is 11.7 Å². The molecule has 1 atom stereocenters. The molecule has 3 nitrogen and oxygen atoms in total. The van der Waals surface area contributed by atoms with E-state index in [1.54, 1.807) is 0 Å². The molecular formula is C18H20FNO2. The van der Waals surface area contributed by atoms with E-state index in [9.17, 15) is 9.18 Å². The van der Waals surface area contributed by atoms with Gasteiger partial charge in [-0.15, -0.1) is 0 Å². The van der Waals surface area contributed by atoms with Gasteiger partial charge < -0.3 is 10.1 Å². The summed E-state index contributed by atoms with van der Waals surface area (Å²) in [6.45, 7) is 4.35. The lowest BCUT2D eigenvalue weighted by atomic mass is 10.1. The zero-order valence-corrected chi connectivity index (χ0v) is 12.8. The molecule has 0 aliphatic carbocycles. The zero-order chi connectivity index (χ0) is 15.9. The SMILES string of the molecule is CC[C@@H](Oc1ccc(F)cc1)C(=O)NCc1cccc(C)c1. The maximum Gasteiger partial charge on any atom is 0.261 e. The third-order valence-corrected chi connectivity index (χ3v) is 3.30. The second-order valence-electron chi connectivity index (χ2n) is 5.18. The number of hydrogen-bond donors (Lipinski definition) is 1. The van der Waals surface area contributed by atoms with Crippen LogP contribution in [0.15, 0.2) is 48.5 Å². The molecule has 0 aromatic heterocycles. The molecule has 0 aliphatic heterocycles. The predicted molar refractivity (Wildman–Crippen MR) is 84.1 cm³/mol. The van der Waals surface area contributed by atoms with Crippen LogP contribution in [0.1, 0.15) is 24.5 Å². The number of benzene rings is 2. The topological polar surface area (TPSA) is 38.3 Å². The van der Waals surface area contributed by atoms with Gasteiger partial charge in [0.15, 0.2) is 6.10 Å². The Morgan fingerprint density at radius 2 is 1.95 bits per heavy atom. The number of amides is 1. The summed E-state index contributed by atoms with van der Waals surface area (Å²) in [5.74, 6) is -0.0171. The summed E-state index contributed by atoms with van der Waals surface area (Å²) in [6, 6.07) is 13.6. The van der Waals surface area contributed by atoms with Gasteiger partial charge in [-0.25, -0.2) is 4.39 Å². The van der Waals surface area contributed by atoms with E-state index in [2.05, 4.69) is 5.32 Å². The van der Waals surface area contributed by atoms with E-state index in [0.717, 1.165) is 11.1 Å². The number of ether oxygens (including phenoxy) is 1. The highest BCUT2D eigenvalue weighted by Gasteiger charge is 2.18. The average Bonchev–Trinajstić information content (AvgIpc) is 2.52. The first-order valence-electron chi connectivity index (χ1n) is 7.34. The largest absolute Gasteiger partial charge is 0.481 e. The Morgan fingerprint density at radius 3 is 2.59 bits per heavy atom. The summed E-state index contributed by atoms with van der Waals surface area (Å²) in [7, 11) is 0. The molecule has 1 N–H and O–H groups in total. The van der Waals surface area contributed by atoms with Gasteiger partial charge >= 0.3 is 0 Å². The first-order chi connectivity index (χ1) is 10.6. The summed E-state index contributed by atoms with van der Waals surface area (Å²) in [4.78, 5) is 12.2. The lowest BCUT2D eigenvalue weighted by molar-refractivity contribution is -0.128. The van der Waals surface area contributed by atoms with Gasteiger partial charge in [-0.1, -0.05) is 36.8 Å². The molecule has 0 aliphatic rings. The highest BCUT2D eigenvalue weighted by Crippen LogP contribution is 2.14. The van der Waals surface area contributed by atoms with Crippen LogP contribution in [0.5, 0.6) is 5.75 Å². The Bertz CT molecular complexity index is 625. The van der Waals surface area contributed by atoms with Gasteiger partial charge in [-0.2, -0.15) is 0 Å². The molecule has 0 unspecified atom stereocenters. The number of carbonyl (C=O) groups is 1. The molecule has 116 valence electrons. The Labute approximate surface area is 130 Å². The van der Waals surface area contributed by atoms with E-state index in [1.165, 1.54) is 24.3 Å². The van der Waals surface area contributed by atoms with E-state index >= 15 is 0 Å². The van der Waals surface area contributed by atoms with Gasteiger partial charge in [0.05, 0.1) is 0 Å². The van der Waals surface area contributed by atoms with Gasteiger partial charge in [-0.05, 0) is 43.2 Å². The molecule has 2 aromatic rings. The molecule has 4 heteroatoms. The standard InChI is InChI=1S/C18H20FNO2/c1-3-17(22-16-9-7-15(19)8-10-16)18(21)20-12-14-6-4-5-13(2)11-14/h4-11,17H,3,12H2,1-2H3,(H,20,21)/t17-/m1/s1. The fraction of sp³-hybridized carbons (Fsp3) is 0.278. The first kappa shape index (κ1) is 16.0. The van der Waals surface area contributed by atoms with Crippen molar-refractivity contribution >= 4 is 5.91 Å². The van der Waals surface area contributed by atoms with Crippen LogP contribution < -0.4 is 10.1 Å². The van der Waals surface area contributed by atoms with Crippen molar-refractivity contribution in [3.8, 4) is 5.75 Å². The number of aryl methyl sites for hydroxylation is 1. The van der Waals surface area contributed by atoms with Crippen LogP contribution in [0, 0.1) is 12.7 Å². The number of carbonyl (C=O) groups excluding carboxylic acids is 1. The maximum atomic E-state index is 12.9. The van der Waals surface area contributed by atoms with Gasteiger partial charge in [0.25, 0.3) is 5.91 Å². The lowest BCUT2D eigenvalue weighted by Crippen LogP contribution is -2.37. The Hall–Kier alpha value is -2.36. The molecule has 0 spiro atoms. The minimum atomic E-state index is -0.588.